The van der Waals surface area contributed by atoms with E-state index in [1.165, 1.54) is 0 Å². The molecule has 0 radical (unpaired) electrons. The van der Waals surface area contributed by atoms with Crippen LogP contribution in [0.25, 0.3) is 10.9 Å². The van der Waals surface area contributed by atoms with Crippen LogP contribution in [0.15, 0.2) is 48.7 Å². The summed E-state index contributed by atoms with van der Waals surface area (Å²) in [5.41, 5.74) is 2.06. The molecule has 22 heavy (non-hydrogen) atoms. The Labute approximate surface area is 127 Å². The van der Waals surface area contributed by atoms with Crippen molar-refractivity contribution in [2.24, 2.45) is 0 Å². The summed E-state index contributed by atoms with van der Waals surface area (Å²) in [5.74, 6) is 1.17. The highest BCUT2D eigenvalue weighted by atomic mass is 16.5. The number of methoxy groups -OCH3 is 2. The van der Waals surface area contributed by atoms with E-state index in [1.54, 1.807) is 32.5 Å². The van der Waals surface area contributed by atoms with E-state index in [2.05, 4.69) is 10.3 Å². The molecular formula is C17H16N2O3. The summed E-state index contributed by atoms with van der Waals surface area (Å²) < 4.78 is 10.4. The van der Waals surface area contributed by atoms with Gasteiger partial charge in [0.2, 0.25) is 0 Å². The molecular weight excluding hydrogens is 280 g/mol. The molecule has 0 unspecified atom stereocenters. The van der Waals surface area contributed by atoms with E-state index in [4.69, 9.17) is 9.47 Å². The molecule has 0 saturated heterocycles. The quantitative estimate of drug-likeness (QED) is 0.775. The number of ether oxygens (including phenoxy) is 2. The number of hydrogen-bond acceptors (Lipinski definition) is 3. The van der Waals surface area contributed by atoms with Crippen LogP contribution >= 0.6 is 0 Å². The van der Waals surface area contributed by atoms with Crippen LogP contribution in [-0.4, -0.2) is 25.1 Å². The second-order valence-electron chi connectivity index (χ2n) is 4.77. The Morgan fingerprint density at radius 3 is 2.68 bits per heavy atom. The molecule has 5 heteroatoms. The summed E-state index contributed by atoms with van der Waals surface area (Å²) >= 11 is 0. The van der Waals surface area contributed by atoms with Crippen molar-refractivity contribution < 1.29 is 14.3 Å². The van der Waals surface area contributed by atoms with E-state index in [1.807, 2.05) is 30.3 Å². The van der Waals surface area contributed by atoms with Crippen molar-refractivity contribution in [2.75, 3.05) is 19.5 Å². The molecule has 0 bridgehead atoms. The number of H-pyrrole nitrogens is 1. The highest BCUT2D eigenvalue weighted by Gasteiger charge is 2.14. The predicted molar refractivity (Wildman–Crippen MR) is 85.8 cm³/mol. The van der Waals surface area contributed by atoms with Gasteiger partial charge in [0.15, 0.2) is 0 Å². The number of benzene rings is 2. The normalized spacial score (nSPS) is 10.5. The van der Waals surface area contributed by atoms with E-state index >= 15 is 0 Å². The molecule has 0 aliphatic carbocycles. The summed E-state index contributed by atoms with van der Waals surface area (Å²) in [5, 5.41) is 3.71. The zero-order valence-corrected chi connectivity index (χ0v) is 12.3. The van der Waals surface area contributed by atoms with Crippen molar-refractivity contribution in [2.45, 2.75) is 0 Å². The third-order valence-electron chi connectivity index (χ3n) is 3.49. The van der Waals surface area contributed by atoms with Gasteiger partial charge in [-0.1, -0.05) is 12.1 Å². The van der Waals surface area contributed by atoms with Gasteiger partial charge < -0.3 is 19.8 Å². The van der Waals surface area contributed by atoms with Crippen LogP contribution in [-0.2, 0) is 0 Å². The van der Waals surface area contributed by atoms with Gasteiger partial charge in [-0.15, -0.1) is 0 Å². The van der Waals surface area contributed by atoms with Gasteiger partial charge in [-0.2, -0.15) is 0 Å². The first-order valence-electron chi connectivity index (χ1n) is 6.82. The van der Waals surface area contributed by atoms with Crippen LogP contribution in [0.1, 0.15) is 10.4 Å². The summed E-state index contributed by atoms with van der Waals surface area (Å²) in [6.45, 7) is 0. The van der Waals surface area contributed by atoms with Gasteiger partial charge in [-0.25, -0.2) is 0 Å². The Bertz CT molecular complexity index is 824. The Hall–Kier alpha value is -2.95. The summed E-state index contributed by atoms with van der Waals surface area (Å²) in [6, 6.07) is 12.8. The molecule has 3 rings (SSSR count). The number of anilines is 1. The molecule has 1 aromatic heterocycles. The number of amides is 1. The minimum Gasteiger partial charge on any atom is -0.497 e. The molecule has 112 valence electrons. The molecule has 5 nitrogen and oxygen atoms in total. The maximum atomic E-state index is 12.5. The molecule has 0 atom stereocenters. The third kappa shape index (κ3) is 2.48. The van der Waals surface area contributed by atoms with Gasteiger partial charge in [0.25, 0.3) is 5.91 Å². The standard InChI is InChI=1S/C17H16N2O3/c1-21-11-7-8-12-13(10-18-15(12)9-11)17(20)19-14-5-3-4-6-16(14)22-2/h3-10,18H,1-2H3,(H,19,20). The number of carbonyl (C=O) groups excluding carboxylic acids is 1. The van der Waals surface area contributed by atoms with Crippen LogP contribution in [0, 0.1) is 0 Å². The lowest BCUT2D eigenvalue weighted by Gasteiger charge is -2.09. The van der Waals surface area contributed by atoms with Crippen molar-refractivity contribution in [3.8, 4) is 11.5 Å². The summed E-state index contributed by atoms with van der Waals surface area (Å²) in [4.78, 5) is 15.6. The van der Waals surface area contributed by atoms with Crippen LogP contribution < -0.4 is 14.8 Å². The topological polar surface area (TPSA) is 63.4 Å². The summed E-state index contributed by atoms with van der Waals surface area (Å²) in [6.07, 6.45) is 1.69. The molecule has 0 fully saturated rings. The number of aromatic nitrogens is 1. The zero-order chi connectivity index (χ0) is 15.5. The van der Waals surface area contributed by atoms with Crippen LogP contribution in [0.4, 0.5) is 5.69 Å². The van der Waals surface area contributed by atoms with Gasteiger partial charge in [0.05, 0.1) is 25.5 Å². The number of fused-ring (bicyclic) bond motifs is 1. The second kappa shape index (κ2) is 5.81. The second-order valence-corrected chi connectivity index (χ2v) is 4.77. The Morgan fingerprint density at radius 2 is 1.91 bits per heavy atom. The maximum absolute atomic E-state index is 12.5. The molecule has 0 saturated carbocycles. The van der Waals surface area contributed by atoms with Crippen molar-refractivity contribution in [1.82, 2.24) is 4.98 Å². The van der Waals surface area contributed by atoms with Crippen molar-refractivity contribution in [3.05, 3.63) is 54.2 Å². The van der Waals surface area contributed by atoms with E-state index < -0.39 is 0 Å². The molecule has 3 aromatic rings. The smallest absolute Gasteiger partial charge is 0.257 e. The predicted octanol–water partition coefficient (Wildman–Crippen LogP) is 3.44. The lowest BCUT2D eigenvalue weighted by molar-refractivity contribution is 0.102. The Kier molecular flexibility index (Phi) is 3.70. The third-order valence-corrected chi connectivity index (χ3v) is 3.49. The molecule has 2 aromatic carbocycles. The van der Waals surface area contributed by atoms with Crippen molar-refractivity contribution in [1.29, 1.82) is 0 Å². The fraction of sp³-hybridized carbons (Fsp3) is 0.118. The lowest BCUT2D eigenvalue weighted by Crippen LogP contribution is -2.12. The average molecular weight is 296 g/mol. The molecule has 0 spiro atoms. The van der Waals surface area contributed by atoms with E-state index in [9.17, 15) is 4.79 Å². The first kappa shape index (κ1) is 14.0. The number of carbonyl (C=O) groups is 1. The minimum absolute atomic E-state index is 0.194. The SMILES string of the molecule is COc1ccc2c(C(=O)Nc3ccccc3OC)c[nH]c2c1. The Morgan fingerprint density at radius 1 is 1.09 bits per heavy atom. The van der Waals surface area contributed by atoms with Crippen molar-refractivity contribution >= 4 is 22.5 Å². The Balaban J connectivity index is 1.92. The molecule has 1 heterocycles. The number of nitrogens with one attached hydrogen (secondary N) is 2. The first-order valence-corrected chi connectivity index (χ1v) is 6.82. The molecule has 1 amide bonds. The fourth-order valence-electron chi connectivity index (χ4n) is 2.36. The first-order chi connectivity index (χ1) is 10.7. The maximum Gasteiger partial charge on any atom is 0.257 e. The fourth-order valence-corrected chi connectivity index (χ4v) is 2.36. The van der Waals surface area contributed by atoms with Gasteiger partial charge >= 0.3 is 0 Å². The monoisotopic (exact) mass is 296 g/mol. The largest absolute Gasteiger partial charge is 0.497 e. The summed E-state index contributed by atoms with van der Waals surface area (Å²) in [7, 11) is 3.18. The van der Waals surface area contributed by atoms with Crippen LogP contribution in [0.5, 0.6) is 11.5 Å². The van der Waals surface area contributed by atoms with E-state index in [-0.39, 0.29) is 5.91 Å². The number of aromatic amines is 1. The minimum atomic E-state index is -0.194. The molecule has 0 aliphatic rings. The van der Waals surface area contributed by atoms with Gasteiger partial charge in [-0.05, 0) is 24.3 Å². The van der Waals surface area contributed by atoms with Gasteiger partial charge in [0, 0.05) is 23.2 Å². The molecule has 0 aliphatic heterocycles. The van der Waals surface area contributed by atoms with Crippen LogP contribution in [0.3, 0.4) is 0 Å². The zero-order valence-electron chi connectivity index (χ0n) is 12.3. The number of para-hydroxylation sites is 2. The average Bonchev–Trinajstić information content (AvgIpc) is 2.98. The van der Waals surface area contributed by atoms with Gasteiger partial charge in [0.1, 0.15) is 11.5 Å². The van der Waals surface area contributed by atoms with E-state index in [0.29, 0.717) is 17.0 Å². The molecule has 2 N–H and O–H groups in total. The van der Waals surface area contributed by atoms with E-state index in [0.717, 1.165) is 16.7 Å². The van der Waals surface area contributed by atoms with Gasteiger partial charge in [-0.3, -0.25) is 4.79 Å². The lowest BCUT2D eigenvalue weighted by atomic mass is 10.1. The highest BCUT2D eigenvalue weighted by molar-refractivity contribution is 6.13. The van der Waals surface area contributed by atoms with Crippen molar-refractivity contribution in [3.63, 3.8) is 0 Å². The number of rotatable bonds is 4. The number of hydrogen-bond donors (Lipinski definition) is 2. The van der Waals surface area contributed by atoms with Crippen LogP contribution in [0.2, 0.25) is 0 Å². The highest BCUT2D eigenvalue weighted by Crippen LogP contribution is 2.26.